The second-order valence-electron chi connectivity index (χ2n) is 5.21. The van der Waals surface area contributed by atoms with Crippen molar-refractivity contribution < 1.29 is 8.42 Å². The first-order valence-electron chi connectivity index (χ1n) is 6.01. The molecule has 19 heavy (non-hydrogen) atoms. The Morgan fingerprint density at radius 1 is 1.32 bits per heavy atom. The molecule has 1 rings (SSSR count). The summed E-state index contributed by atoms with van der Waals surface area (Å²) in [6.07, 6.45) is 1.96. The Kier molecular flexibility index (Phi) is 4.92. The Morgan fingerprint density at radius 3 is 2.42 bits per heavy atom. The minimum Gasteiger partial charge on any atom is -0.398 e. The summed E-state index contributed by atoms with van der Waals surface area (Å²) in [6, 6.07) is 3.46. The van der Waals surface area contributed by atoms with Gasteiger partial charge in [0.15, 0.2) is 0 Å². The van der Waals surface area contributed by atoms with E-state index in [9.17, 15) is 8.42 Å². The van der Waals surface area contributed by atoms with Gasteiger partial charge in [-0.25, -0.2) is 13.1 Å². The summed E-state index contributed by atoms with van der Waals surface area (Å²) in [5, 5.41) is 0. The summed E-state index contributed by atoms with van der Waals surface area (Å²) < 4.78 is 27.3. The maximum Gasteiger partial charge on any atom is 0.242 e. The summed E-state index contributed by atoms with van der Waals surface area (Å²) >= 11 is 1.62. The van der Waals surface area contributed by atoms with Gasteiger partial charge in [0.25, 0.3) is 0 Å². The number of hydrogen-bond acceptors (Lipinski definition) is 4. The molecule has 0 amide bonds. The van der Waals surface area contributed by atoms with E-state index in [1.807, 2.05) is 33.1 Å². The van der Waals surface area contributed by atoms with Gasteiger partial charge in [-0.15, -0.1) is 0 Å². The lowest BCUT2D eigenvalue weighted by Crippen LogP contribution is -2.36. The van der Waals surface area contributed by atoms with Crippen LogP contribution in [0.4, 0.5) is 5.69 Å². The number of anilines is 1. The number of thioether (sulfide) groups is 1. The van der Waals surface area contributed by atoms with Crippen LogP contribution in [0.2, 0.25) is 0 Å². The lowest BCUT2D eigenvalue weighted by atomic mass is 10.1. The molecule has 3 N–H and O–H groups in total. The van der Waals surface area contributed by atoms with E-state index in [1.165, 1.54) is 0 Å². The molecular weight excluding hydrogens is 280 g/mol. The van der Waals surface area contributed by atoms with Crippen molar-refractivity contribution in [3.63, 3.8) is 0 Å². The van der Waals surface area contributed by atoms with Crippen LogP contribution in [0.15, 0.2) is 17.0 Å². The van der Waals surface area contributed by atoms with Gasteiger partial charge in [0.2, 0.25) is 10.0 Å². The van der Waals surface area contributed by atoms with Gasteiger partial charge in [-0.1, -0.05) is 6.07 Å². The fourth-order valence-corrected chi connectivity index (χ4v) is 3.53. The minimum absolute atomic E-state index is 0.153. The normalized spacial score (nSPS) is 12.7. The van der Waals surface area contributed by atoms with Crippen LogP contribution in [0, 0.1) is 13.8 Å². The van der Waals surface area contributed by atoms with Crippen LogP contribution in [-0.4, -0.2) is 26.0 Å². The summed E-state index contributed by atoms with van der Waals surface area (Å²) in [5.41, 5.74) is 7.73. The van der Waals surface area contributed by atoms with Crippen molar-refractivity contribution in [3.05, 3.63) is 23.3 Å². The molecule has 0 heterocycles. The second-order valence-corrected chi connectivity index (χ2v) is 8.43. The number of benzene rings is 1. The highest BCUT2D eigenvalue weighted by Gasteiger charge is 2.24. The second kappa shape index (κ2) is 5.73. The quantitative estimate of drug-likeness (QED) is 0.819. The molecule has 0 bridgehead atoms. The molecule has 0 aliphatic rings. The number of hydrogen-bond donors (Lipinski definition) is 2. The third-order valence-electron chi connectivity index (χ3n) is 3.22. The molecule has 0 unspecified atom stereocenters. The molecule has 0 fully saturated rings. The number of aryl methyl sites for hydroxylation is 1. The third-order valence-corrected chi connectivity index (χ3v) is 6.07. The molecule has 6 heteroatoms. The van der Waals surface area contributed by atoms with E-state index < -0.39 is 10.0 Å². The van der Waals surface area contributed by atoms with Crippen molar-refractivity contribution in [1.82, 2.24) is 4.72 Å². The maximum atomic E-state index is 12.4. The number of nitrogens with one attached hydrogen (secondary N) is 1. The van der Waals surface area contributed by atoms with Crippen molar-refractivity contribution in [2.24, 2.45) is 0 Å². The lowest BCUT2D eigenvalue weighted by molar-refractivity contribution is 0.570. The molecule has 0 spiro atoms. The topological polar surface area (TPSA) is 72.2 Å². The zero-order chi connectivity index (χ0) is 14.8. The predicted octanol–water partition coefficient (Wildman–Crippen LogP) is 2.31. The lowest BCUT2D eigenvalue weighted by Gasteiger charge is -2.23. The molecule has 0 aliphatic heterocycles. The van der Waals surface area contributed by atoms with Gasteiger partial charge >= 0.3 is 0 Å². The van der Waals surface area contributed by atoms with Crippen molar-refractivity contribution in [1.29, 1.82) is 0 Å². The highest BCUT2D eigenvalue weighted by atomic mass is 32.2. The first-order valence-corrected chi connectivity index (χ1v) is 8.72. The van der Waals surface area contributed by atoms with Gasteiger partial charge in [-0.2, -0.15) is 11.8 Å². The van der Waals surface area contributed by atoms with Crippen LogP contribution < -0.4 is 10.5 Å². The summed E-state index contributed by atoms with van der Waals surface area (Å²) in [7, 11) is -3.58. The highest BCUT2D eigenvalue weighted by Crippen LogP contribution is 2.26. The average Bonchev–Trinajstić information content (AvgIpc) is 2.32. The Hall–Kier alpha value is -0.720. The predicted molar refractivity (Wildman–Crippen MR) is 83.1 cm³/mol. The monoisotopic (exact) mass is 302 g/mol. The fourth-order valence-electron chi connectivity index (χ4n) is 1.58. The summed E-state index contributed by atoms with van der Waals surface area (Å²) in [6.45, 7) is 8.00. The molecule has 0 aromatic heterocycles. The van der Waals surface area contributed by atoms with Crippen LogP contribution >= 0.6 is 11.8 Å². The Morgan fingerprint density at radius 2 is 1.89 bits per heavy atom. The highest BCUT2D eigenvalue weighted by molar-refractivity contribution is 8.00. The van der Waals surface area contributed by atoms with Crippen molar-refractivity contribution in [2.45, 2.75) is 37.3 Å². The first-order chi connectivity index (χ1) is 8.60. The molecule has 0 aliphatic carbocycles. The standard InChI is InChI=1S/C13H22N2O2S2/c1-9-6-7-11(14)12(10(9)2)19(16,17)15-8-13(3,4)18-5/h6-7,15H,8,14H2,1-5H3. The van der Waals surface area contributed by atoms with Gasteiger partial charge in [0.05, 0.1) is 5.69 Å². The summed E-state index contributed by atoms with van der Waals surface area (Å²) in [4.78, 5) is 0.199. The molecule has 0 saturated carbocycles. The molecule has 1 aromatic rings. The van der Waals surface area contributed by atoms with Crippen LogP contribution in [0.1, 0.15) is 25.0 Å². The van der Waals surface area contributed by atoms with E-state index in [0.717, 1.165) is 5.56 Å². The molecule has 0 saturated heterocycles. The smallest absolute Gasteiger partial charge is 0.242 e. The number of rotatable bonds is 5. The van der Waals surface area contributed by atoms with Crippen LogP contribution in [0.5, 0.6) is 0 Å². The van der Waals surface area contributed by atoms with E-state index in [2.05, 4.69) is 4.72 Å². The first kappa shape index (κ1) is 16.3. The van der Waals surface area contributed by atoms with Gasteiger partial charge in [-0.3, -0.25) is 0 Å². The van der Waals surface area contributed by atoms with Gasteiger partial charge in [0, 0.05) is 11.3 Å². The fraction of sp³-hybridized carbons (Fsp3) is 0.538. The van der Waals surface area contributed by atoms with Crippen molar-refractivity contribution >= 4 is 27.5 Å². The zero-order valence-electron chi connectivity index (χ0n) is 12.1. The Labute approximate surface area is 120 Å². The molecular formula is C13H22N2O2S2. The van der Waals surface area contributed by atoms with E-state index >= 15 is 0 Å². The largest absolute Gasteiger partial charge is 0.398 e. The van der Waals surface area contributed by atoms with E-state index in [-0.39, 0.29) is 15.3 Å². The van der Waals surface area contributed by atoms with Crippen LogP contribution in [0.3, 0.4) is 0 Å². The third kappa shape index (κ3) is 3.87. The van der Waals surface area contributed by atoms with Crippen molar-refractivity contribution in [3.8, 4) is 0 Å². The Balaban J connectivity index is 3.12. The van der Waals surface area contributed by atoms with Crippen molar-refractivity contribution in [2.75, 3.05) is 18.5 Å². The molecule has 0 radical (unpaired) electrons. The Bertz CT molecular complexity index is 566. The minimum atomic E-state index is -3.58. The van der Waals surface area contributed by atoms with E-state index in [4.69, 9.17) is 5.73 Å². The molecule has 108 valence electrons. The molecule has 4 nitrogen and oxygen atoms in total. The van der Waals surface area contributed by atoms with E-state index in [1.54, 1.807) is 24.8 Å². The van der Waals surface area contributed by atoms with E-state index in [0.29, 0.717) is 12.1 Å². The maximum absolute atomic E-state index is 12.4. The van der Waals surface area contributed by atoms with Gasteiger partial charge in [-0.05, 0) is 51.1 Å². The zero-order valence-corrected chi connectivity index (χ0v) is 13.7. The average molecular weight is 302 g/mol. The molecule has 0 atom stereocenters. The van der Waals surface area contributed by atoms with Gasteiger partial charge in [0.1, 0.15) is 4.90 Å². The number of nitrogen functional groups attached to an aromatic ring is 1. The van der Waals surface area contributed by atoms with Crippen LogP contribution in [-0.2, 0) is 10.0 Å². The summed E-state index contributed by atoms with van der Waals surface area (Å²) in [5.74, 6) is 0. The van der Waals surface area contributed by atoms with Crippen LogP contribution in [0.25, 0.3) is 0 Å². The number of sulfonamides is 1. The number of nitrogens with two attached hydrogens (primary N) is 1. The molecule has 1 aromatic carbocycles. The SMILES string of the molecule is CSC(C)(C)CNS(=O)(=O)c1c(N)ccc(C)c1C. The van der Waals surface area contributed by atoms with Gasteiger partial charge < -0.3 is 5.73 Å².